The molecule has 1 aromatic carbocycles. The van der Waals surface area contributed by atoms with Gasteiger partial charge in [0.25, 0.3) is 5.91 Å². The summed E-state index contributed by atoms with van der Waals surface area (Å²) >= 11 is 0. The van der Waals surface area contributed by atoms with Crippen molar-refractivity contribution in [3.05, 3.63) is 41.0 Å². The molecule has 0 bridgehead atoms. The molecule has 1 aromatic heterocycles. The molecule has 0 radical (unpaired) electrons. The fourth-order valence-corrected chi connectivity index (χ4v) is 5.07. The summed E-state index contributed by atoms with van der Waals surface area (Å²) in [6.45, 7) is 4.60. The van der Waals surface area contributed by atoms with Gasteiger partial charge in [-0.05, 0) is 62.9 Å². The number of nitrogens with zero attached hydrogens (tertiary/aromatic N) is 6. The van der Waals surface area contributed by atoms with Crippen molar-refractivity contribution >= 4 is 11.6 Å². The second-order valence-corrected chi connectivity index (χ2v) is 8.74. The minimum atomic E-state index is 0.0274. The van der Waals surface area contributed by atoms with Gasteiger partial charge in [0, 0.05) is 44.5 Å². The Morgan fingerprint density at radius 1 is 1.03 bits per heavy atom. The molecule has 1 fully saturated rings. The lowest BCUT2D eigenvalue weighted by atomic mass is 9.97. The summed E-state index contributed by atoms with van der Waals surface area (Å²) in [7, 11) is 4.24. The molecule has 0 unspecified atom stereocenters. The second kappa shape index (κ2) is 7.44. The van der Waals surface area contributed by atoms with Gasteiger partial charge in [0.15, 0.2) is 5.82 Å². The van der Waals surface area contributed by atoms with Gasteiger partial charge in [-0.1, -0.05) is 0 Å². The molecule has 1 saturated heterocycles. The molecule has 1 amide bonds. The average Bonchev–Trinajstić information content (AvgIpc) is 3.16. The van der Waals surface area contributed by atoms with E-state index >= 15 is 0 Å². The van der Waals surface area contributed by atoms with Crippen molar-refractivity contribution in [3.8, 4) is 0 Å². The highest BCUT2D eigenvalue weighted by molar-refractivity contribution is 5.95. The quantitative estimate of drug-likeness (QED) is 0.783. The van der Waals surface area contributed by atoms with Gasteiger partial charge in [0.1, 0.15) is 5.82 Å². The Balaban J connectivity index is 1.44. The van der Waals surface area contributed by atoms with E-state index in [-0.39, 0.29) is 11.9 Å². The zero-order valence-corrected chi connectivity index (χ0v) is 17.5. The van der Waals surface area contributed by atoms with Crippen LogP contribution in [0.5, 0.6) is 0 Å². The molecule has 154 valence electrons. The van der Waals surface area contributed by atoms with Crippen LogP contribution in [0.2, 0.25) is 0 Å². The molecule has 7 nitrogen and oxygen atoms in total. The van der Waals surface area contributed by atoms with Crippen LogP contribution in [0.25, 0.3) is 0 Å². The summed E-state index contributed by atoms with van der Waals surface area (Å²) in [5.41, 5.74) is 3.36. The van der Waals surface area contributed by atoms with Crippen LogP contribution in [0.4, 0.5) is 5.69 Å². The van der Waals surface area contributed by atoms with Crippen molar-refractivity contribution in [1.82, 2.24) is 24.6 Å². The van der Waals surface area contributed by atoms with Gasteiger partial charge >= 0.3 is 0 Å². The first-order valence-electron chi connectivity index (χ1n) is 10.9. The molecule has 0 saturated carbocycles. The zero-order chi connectivity index (χ0) is 20.0. The maximum Gasteiger partial charge on any atom is 0.254 e. The highest BCUT2D eigenvalue weighted by atomic mass is 16.2. The smallest absolute Gasteiger partial charge is 0.254 e. The lowest BCUT2D eigenvalue weighted by molar-refractivity contribution is 0.0591. The van der Waals surface area contributed by atoms with Crippen LogP contribution in [0.15, 0.2) is 18.2 Å². The topological polar surface area (TPSA) is 57.5 Å². The first kappa shape index (κ1) is 18.6. The summed E-state index contributed by atoms with van der Waals surface area (Å²) in [5, 5.41) is 8.99. The Morgan fingerprint density at radius 2 is 1.93 bits per heavy atom. The standard InChI is InChI=1S/C22H30N6O/c1-25-12-13-28-20(15-25)23-24-21(28)19-7-3-4-11-27(19)22(29)17-8-9-18-16(14-17)6-5-10-26(18)2/h8-9,14,19H,3-7,10-13,15H2,1-2H3/t19-/m0/s1. The summed E-state index contributed by atoms with van der Waals surface area (Å²) in [6, 6.07) is 6.27. The van der Waals surface area contributed by atoms with Gasteiger partial charge < -0.3 is 14.4 Å². The molecule has 7 heteroatoms. The Bertz CT molecular complexity index is 922. The molecule has 3 aliphatic heterocycles. The largest absolute Gasteiger partial charge is 0.374 e. The van der Waals surface area contributed by atoms with Crippen LogP contribution in [0.1, 0.15) is 59.3 Å². The Hall–Kier alpha value is -2.41. The number of carbonyl (C=O) groups excluding carboxylic acids is 1. The Kier molecular flexibility index (Phi) is 4.78. The molecule has 0 spiro atoms. The predicted molar refractivity (Wildman–Crippen MR) is 112 cm³/mol. The molecule has 2 aromatic rings. The number of hydrogen-bond acceptors (Lipinski definition) is 5. The van der Waals surface area contributed by atoms with Crippen LogP contribution in [-0.4, -0.2) is 64.2 Å². The molecule has 4 heterocycles. The van der Waals surface area contributed by atoms with Gasteiger partial charge in [-0.3, -0.25) is 9.69 Å². The number of aromatic nitrogens is 3. The number of likely N-dealkylation sites (tertiary alicyclic amines) is 1. The van der Waals surface area contributed by atoms with Crippen LogP contribution >= 0.6 is 0 Å². The Morgan fingerprint density at radius 3 is 2.83 bits per heavy atom. The number of likely N-dealkylation sites (N-methyl/N-ethyl adjacent to an activating group) is 1. The average molecular weight is 395 g/mol. The lowest BCUT2D eigenvalue weighted by Crippen LogP contribution is -2.41. The van der Waals surface area contributed by atoms with E-state index in [9.17, 15) is 4.79 Å². The summed E-state index contributed by atoms with van der Waals surface area (Å²) in [4.78, 5) is 20.1. The molecular formula is C22H30N6O. The van der Waals surface area contributed by atoms with E-state index in [4.69, 9.17) is 0 Å². The number of hydrogen-bond donors (Lipinski definition) is 0. The lowest BCUT2D eigenvalue weighted by Gasteiger charge is -2.36. The third-order valence-corrected chi connectivity index (χ3v) is 6.71. The van der Waals surface area contributed by atoms with E-state index in [1.165, 1.54) is 11.3 Å². The van der Waals surface area contributed by atoms with E-state index in [1.807, 2.05) is 11.0 Å². The van der Waals surface area contributed by atoms with E-state index in [2.05, 4.69) is 50.8 Å². The molecule has 5 rings (SSSR count). The summed E-state index contributed by atoms with van der Waals surface area (Å²) in [6.07, 6.45) is 5.35. The van der Waals surface area contributed by atoms with Crippen LogP contribution in [-0.2, 0) is 19.5 Å². The summed E-state index contributed by atoms with van der Waals surface area (Å²) in [5.74, 6) is 2.12. The predicted octanol–water partition coefficient (Wildman–Crippen LogP) is 2.47. The van der Waals surface area contributed by atoms with Gasteiger partial charge in [0.2, 0.25) is 0 Å². The van der Waals surface area contributed by atoms with Crippen molar-refractivity contribution in [3.63, 3.8) is 0 Å². The van der Waals surface area contributed by atoms with E-state index < -0.39 is 0 Å². The minimum absolute atomic E-state index is 0.0274. The maximum absolute atomic E-state index is 13.5. The van der Waals surface area contributed by atoms with Gasteiger partial charge in [-0.15, -0.1) is 10.2 Å². The molecule has 3 aliphatic rings. The third-order valence-electron chi connectivity index (χ3n) is 6.71. The second-order valence-electron chi connectivity index (χ2n) is 8.74. The van der Waals surface area contributed by atoms with Crippen LogP contribution < -0.4 is 4.90 Å². The highest BCUT2D eigenvalue weighted by Gasteiger charge is 2.34. The fourth-order valence-electron chi connectivity index (χ4n) is 5.07. The number of carbonyl (C=O) groups is 1. The molecule has 0 N–H and O–H groups in total. The van der Waals surface area contributed by atoms with Crippen LogP contribution in [0.3, 0.4) is 0 Å². The molecule has 1 atom stereocenters. The van der Waals surface area contributed by atoms with E-state index in [0.717, 1.165) is 82.0 Å². The van der Waals surface area contributed by atoms with Gasteiger partial charge in [0.05, 0.1) is 12.6 Å². The van der Waals surface area contributed by atoms with Crippen molar-refractivity contribution in [2.45, 2.75) is 51.2 Å². The Labute approximate surface area is 172 Å². The number of aryl methyl sites for hydroxylation is 1. The number of amides is 1. The molecular weight excluding hydrogens is 364 g/mol. The van der Waals surface area contributed by atoms with Crippen LogP contribution in [0, 0.1) is 0 Å². The van der Waals surface area contributed by atoms with Gasteiger partial charge in [-0.2, -0.15) is 0 Å². The fraction of sp³-hybridized carbons (Fsp3) is 0.591. The third kappa shape index (κ3) is 3.31. The van der Waals surface area contributed by atoms with Gasteiger partial charge in [-0.25, -0.2) is 0 Å². The molecule has 29 heavy (non-hydrogen) atoms. The molecule has 0 aliphatic carbocycles. The first-order chi connectivity index (χ1) is 14.1. The normalized spacial score (nSPS) is 22.3. The SMILES string of the molecule is CN1CCn2c(nnc2[C@@H]2CCCCN2C(=O)c2ccc3c(c2)CCCN3C)C1. The number of anilines is 1. The van der Waals surface area contributed by atoms with Crippen molar-refractivity contribution in [2.24, 2.45) is 0 Å². The van der Waals surface area contributed by atoms with E-state index in [1.54, 1.807) is 0 Å². The number of rotatable bonds is 2. The number of fused-ring (bicyclic) bond motifs is 2. The zero-order valence-electron chi connectivity index (χ0n) is 17.5. The maximum atomic E-state index is 13.5. The first-order valence-corrected chi connectivity index (χ1v) is 10.9. The summed E-state index contributed by atoms with van der Waals surface area (Å²) < 4.78 is 2.25. The number of benzene rings is 1. The monoisotopic (exact) mass is 394 g/mol. The van der Waals surface area contributed by atoms with Crippen molar-refractivity contribution in [1.29, 1.82) is 0 Å². The van der Waals surface area contributed by atoms with Crippen molar-refractivity contribution < 1.29 is 4.79 Å². The van der Waals surface area contributed by atoms with Crippen molar-refractivity contribution in [2.75, 3.05) is 38.6 Å². The minimum Gasteiger partial charge on any atom is -0.374 e. The number of piperidine rings is 1. The van der Waals surface area contributed by atoms with E-state index in [0.29, 0.717) is 0 Å². The highest BCUT2D eigenvalue weighted by Crippen LogP contribution is 2.33.